The van der Waals surface area contributed by atoms with Crippen LogP contribution in [0.4, 0.5) is 5.69 Å². The Morgan fingerprint density at radius 3 is 2.19 bits per heavy atom. The van der Waals surface area contributed by atoms with Crippen LogP contribution in [-0.4, -0.2) is 6.04 Å². The maximum atomic E-state index is 11.5. The summed E-state index contributed by atoms with van der Waals surface area (Å²) in [5.74, 6) is 0. The Kier molecular flexibility index (Phi) is 2.60. The van der Waals surface area contributed by atoms with Crippen LogP contribution >= 0.6 is 0 Å². The number of hydrogen-bond donors (Lipinski definition) is 1. The van der Waals surface area contributed by atoms with E-state index in [-0.39, 0.29) is 6.04 Å². The minimum absolute atomic E-state index is 0.144. The summed E-state index contributed by atoms with van der Waals surface area (Å²) in [6, 6.07) is 9.40. The Hall–Kier alpha value is -1.90. The Morgan fingerprint density at radius 1 is 1.00 bits per heavy atom. The number of nitrogens with one attached hydrogen (secondary N) is 1. The molecule has 0 fully saturated rings. The van der Waals surface area contributed by atoms with Gasteiger partial charge in [-0.25, -0.2) is 0 Å². The molecule has 82 valence electrons. The van der Waals surface area contributed by atoms with Gasteiger partial charge in [-0.3, -0.25) is 9.59 Å². The number of benzene rings is 1. The van der Waals surface area contributed by atoms with Crippen LogP contribution in [0.2, 0.25) is 0 Å². The van der Waals surface area contributed by atoms with E-state index in [0.29, 0.717) is 11.3 Å². The Bertz CT molecular complexity index is 563. The first kappa shape index (κ1) is 10.6. The molecule has 0 atom stereocenters. The van der Waals surface area contributed by atoms with E-state index < -0.39 is 10.9 Å². The normalized spacial score (nSPS) is 10.9. The SMILES string of the molecule is CC(C)Nc1c(-c2ccccc2)c(=O)c1=O. The highest BCUT2D eigenvalue weighted by Crippen LogP contribution is 2.23. The van der Waals surface area contributed by atoms with Crippen LogP contribution in [0.3, 0.4) is 0 Å². The van der Waals surface area contributed by atoms with Crippen LogP contribution in [-0.2, 0) is 0 Å². The zero-order chi connectivity index (χ0) is 11.7. The molecule has 0 aliphatic carbocycles. The van der Waals surface area contributed by atoms with Crippen LogP contribution in [0.1, 0.15) is 13.8 Å². The van der Waals surface area contributed by atoms with E-state index in [9.17, 15) is 9.59 Å². The molecule has 0 aliphatic rings. The molecule has 2 aromatic rings. The highest BCUT2D eigenvalue weighted by Gasteiger charge is 2.22. The zero-order valence-corrected chi connectivity index (χ0v) is 9.28. The maximum absolute atomic E-state index is 11.5. The molecule has 0 radical (unpaired) electrons. The predicted octanol–water partition coefficient (Wildman–Crippen LogP) is 1.77. The molecule has 2 rings (SSSR count). The monoisotopic (exact) mass is 215 g/mol. The van der Waals surface area contributed by atoms with Gasteiger partial charge in [0.2, 0.25) is 10.9 Å². The molecule has 0 spiro atoms. The van der Waals surface area contributed by atoms with Gasteiger partial charge in [-0.1, -0.05) is 30.3 Å². The van der Waals surface area contributed by atoms with Crippen molar-refractivity contribution in [3.63, 3.8) is 0 Å². The lowest BCUT2D eigenvalue weighted by Crippen LogP contribution is -2.37. The van der Waals surface area contributed by atoms with Gasteiger partial charge in [0.1, 0.15) is 0 Å². The molecule has 0 saturated heterocycles. The first-order valence-electron chi connectivity index (χ1n) is 5.26. The fraction of sp³-hybridized carbons (Fsp3) is 0.231. The van der Waals surface area contributed by atoms with Crippen LogP contribution in [0.5, 0.6) is 0 Å². The number of hydrogen-bond acceptors (Lipinski definition) is 3. The molecule has 16 heavy (non-hydrogen) atoms. The van der Waals surface area contributed by atoms with Crippen molar-refractivity contribution >= 4 is 5.69 Å². The second-order valence-corrected chi connectivity index (χ2v) is 4.07. The maximum Gasteiger partial charge on any atom is 0.250 e. The molecular formula is C13H13NO2. The average molecular weight is 215 g/mol. The van der Waals surface area contributed by atoms with Gasteiger partial charge >= 0.3 is 0 Å². The molecule has 3 heteroatoms. The molecule has 3 nitrogen and oxygen atoms in total. The summed E-state index contributed by atoms with van der Waals surface area (Å²) < 4.78 is 0. The van der Waals surface area contributed by atoms with Crippen molar-refractivity contribution in [2.45, 2.75) is 19.9 Å². The lowest BCUT2D eigenvalue weighted by Gasteiger charge is -2.15. The van der Waals surface area contributed by atoms with Gasteiger partial charge in [-0.05, 0) is 19.4 Å². The summed E-state index contributed by atoms with van der Waals surface area (Å²) in [5, 5.41) is 3.02. The summed E-state index contributed by atoms with van der Waals surface area (Å²) in [7, 11) is 0. The molecule has 0 unspecified atom stereocenters. The van der Waals surface area contributed by atoms with E-state index in [1.165, 1.54) is 0 Å². The smallest absolute Gasteiger partial charge is 0.250 e. The highest BCUT2D eigenvalue weighted by atomic mass is 16.2. The quantitative estimate of drug-likeness (QED) is 0.794. The van der Waals surface area contributed by atoms with E-state index in [1.54, 1.807) is 0 Å². The standard InChI is InChI=1S/C13H13NO2/c1-8(2)14-11-10(12(15)13(11)16)9-6-4-3-5-7-9/h3-8,14H,1-2H3. The molecule has 0 amide bonds. The van der Waals surface area contributed by atoms with Gasteiger partial charge in [0.05, 0.1) is 11.3 Å². The Balaban J connectivity index is 2.47. The summed E-state index contributed by atoms with van der Waals surface area (Å²) >= 11 is 0. The third kappa shape index (κ3) is 1.65. The van der Waals surface area contributed by atoms with Gasteiger partial charge in [0.15, 0.2) is 0 Å². The zero-order valence-electron chi connectivity index (χ0n) is 9.28. The fourth-order valence-electron chi connectivity index (χ4n) is 1.70. The number of rotatable bonds is 3. The van der Waals surface area contributed by atoms with E-state index in [4.69, 9.17) is 0 Å². The Morgan fingerprint density at radius 2 is 1.62 bits per heavy atom. The molecule has 0 bridgehead atoms. The first-order chi connectivity index (χ1) is 7.61. The summed E-state index contributed by atoms with van der Waals surface area (Å²) in [4.78, 5) is 22.9. The average Bonchev–Trinajstić information content (AvgIpc) is 2.29. The summed E-state index contributed by atoms with van der Waals surface area (Å²) in [6.07, 6.45) is 0. The third-order valence-electron chi connectivity index (χ3n) is 2.41. The van der Waals surface area contributed by atoms with Crippen LogP contribution < -0.4 is 16.2 Å². The molecule has 0 heterocycles. The van der Waals surface area contributed by atoms with Crippen LogP contribution in [0.15, 0.2) is 39.9 Å². The minimum atomic E-state index is -0.410. The summed E-state index contributed by atoms with van der Waals surface area (Å²) in [6.45, 7) is 3.87. The molecule has 0 aromatic heterocycles. The molecule has 2 aromatic carbocycles. The molecular weight excluding hydrogens is 202 g/mol. The molecule has 1 N–H and O–H groups in total. The van der Waals surface area contributed by atoms with E-state index >= 15 is 0 Å². The molecule has 0 aliphatic heterocycles. The summed E-state index contributed by atoms with van der Waals surface area (Å²) in [5.41, 5.74) is 0.961. The van der Waals surface area contributed by atoms with Crippen molar-refractivity contribution in [1.29, 1.82) is 0 Å². The van der Waals surface area contributed by atoms with Crippen molar-refractivity contribution in [1.82, 2.24) is 0 Å². The van der Waals surface area contributed by atoms with Gasteiger partial charge in [-0.15, -0.1) is 0 Å². The van der Waals surface area contributed by atoms with Gasteiger partial charge in [-0.2, -0.15) is 0 Å². The van der Waals surface area contributed by atoms with Gasteiger partial charge in [0, 0.05) is 6.04 Å². The first-order valence-corrected chi connectivity index (χ1v) is 5.26. The van der Waals surface area contributed by atoms with Gasteiger partial charge < -0.3 is 5.32 Å². The lowest BCUT2D eigenvalue weighted by molar-refractivity contribution is 0.894. The minimum Gasteiger partial charge on any atom is -0.379 e. The second-order valence-electron chi connectivity index (χ2n) is 4.07. The lowest BCUT2D eigenvalue weighted by atomic mass is 9.98. The van der Waals surface area contributed by atoms with Crippen molar-refractivity contribution in [2.24, 2.45) is 0 Å². The number of anilines is 1. The highest BCUT2D eigenvalue weighted by molar-refractivity contribution is 5.81. The van der Waals surface area contributed by atoms with E-state index in [1.807, 2.05) is 44.2 Å². The van der Waals surface area contributed by atoms with Crippen LogP contribution in [0.25, 0.3) is 11.1 Å². The topological polar surface area (TPSA) is 46.2 Å². The fourth-order valence-corrected chi connectivity index (χ4v) is 1.70. The van der Waals surface area contributed by atoms with E-state index in [2.05, 4.69) is 5.32 Å². The van der Waals surface area contributed by atoms with Crippen molar-refractivity contribution < 1.29 is 0 Å². The third-order valence-corrected chi connectivity index (χ3v) is 2.41. The largest absolute Gasteiger partial charge is 0.379 e. The Labute approximate surface area is 93.4 Å². The van der Waals surface area contributed by atoms with Crippen molar-refractivity contribution in [3.8, 4) is 11.1 Å². The van der Waals surface area contributed by atoms with E-state index in [0.717, 1.165) is 5.56 Å². The second kappa shape index (κ2) is 3.93. The van der Waals surface area contributed by atoms with Gasteiger partial charge in [0.25, 0.3) is 0 Å². The van der Waals surface area contributed by atoms with Crippen molar-refractivity contribution in [3.05, 3.63) is 50.8 Å². The van der Waals surface area contributed by atoms with Crippen LogP contribution in [0, 0.1) is 0 Å². The molecule has 0 saturated carbocycles. The van der Waals surface area contributed by atoms with Crippen molar-refractivity contribution in [2.75, 3.05) is 5.32 Å². The predicted molar refractivity (Wildman–Crippen MR) is 65.5 cm³/mol.